The number of likely N-dealkylation sites (tertiary alicyclic amines) is 2. The highest BCUT2D eigenvalue weighted by Gasteiger charge is 2.33. The van der Waals surface area contributed by atoms with Crippen LogP contribution in [0.3, 0.4) is 0 Å². The van der Waals surface area contributed by atoms with E-state index in [1.165, 1.54) is 14.2 Å². The molecule has 4 atom stereocenters. The van der Waals surface area contributed by atoms with E-state index in [0.717, 1.165) is 110 Å². The number of anilines is 2. The number of nitrogen functional groups attached to an aromatic ring is 2. The fraction of sp³-hybridized carbons (Fsp3) is 0.522. The third-order valence-corrected chi connectivity index (χ3v) is 13.8. The highest BCUT2D eigenvalue weighted by molar-refractivity contribution is 7.99. The maximum Gasteiger partial charge on any atom is 0.255 e. The predicted molar refractivity (Wildman–Crippen MR) is 268 cm³/mol. The van der Waals surface area contributed by atoms with E-state index < -0.39 is 0 Å². The summed E-state index contributed by atoms with van der Waals surface area (Å²) in [6, 6.07) is 9.98. The lowest BCUT2D eigenvalue weighted by molar-refractivity contribution is 0.00655. The van der Waals surface area contributed by atoms with Crippen molar-refractivity contribution >= 4 is 69.9 Å². The summed E-state index contributed by atoms with van der Waals surface area (Å²) in [6.45, 7) is 13.2. The number of thioether (sulfide) groups is 2. The number of hydrogen-bond donors (Lipinski definition) is 4. The van der Waals surface area contributed by atoms with Gasteiger partial charge in [0.05, 0.1) is 71.1 Å². The standard InChI is InChI=1S/2C23H32ClN5O3S.H2O/c2*1-14-10-15(2)27-23(26-14)33-9-5-7-29-8-6-19(21(13-29)32-4)28-22(30)16-11-17(24)18(25)12-20(16)31-3;/h2*10-12,19,21H,5-9,13,25H2,1-4H3,(H,28,30);1H2. The van der Waals surface area contributed by atoms with Gasteiger partial charge in [-0.2, -0.15) is 0 Å². The molecule has 368 valence electrons. The summed E-state index contributed by atoms with van der Waals surface area (Å²) in [4.78, 5) is 48.5. The molecule has 0 aliphatic carbocycles. The van der Waals surface area contributed by atoms with Crippen molar-refractivity contribution in [3.05, 3.63) is 80.3 Å². The second kappa shape index (κ2) is 27.1. The van der Waals surface area contributed by atoms with Crippen LogP contribution in [0.4, 0.5) is 11.4 Å². The Balaban J connectivity index is 0.000000288. The maximum atomic E-state index is 12.9. The Morgan fingerprint density at radius 2 is 1.00 bits per heavy atom. The largest absolute Gasteiger partial charge is 0.496 e. The molecule has 2 saturated heterocycles. The number of piperidine rings is 2. The highest BCUT2D eigenvalue weighted by Crippen LogP contribution is 2.31. The number of halogens is 2. The molecule has 0 bridgehead atoms. The molecule has 21 heteroatoms. The van der Waals surface area contributed by atoms with Gasteiger partial charge in [0.15, 0.2) is 10.3 Å². The Labute approximate surface area is 412 Å². The predicted octanol–water partition coefficient (Wildman–Crippen LogP) is 5.85. The number of carbonyl (C=O) groups is 2. The summed E-state index contributed by atoms with van der Waals surface area (Å²) in [5.41, 5.74) is 17.1. The number of nitrogens with two attached hydrogens (primary N) is 2. The van der Waals surface area contributed by atoms with Gasteiger partial charge < -0.3 is 56.3 Å². The van der Waals surface area contributed by atoms with Crippen molar-refractivity contribution < 1.29 is 34.0 Å². The molecule has 6 rings (SSSR count). The molecule has 0 spiro atoms. The lowest BCUT2D eigenvalue weighted by atomic mass is 10.0. The number of nitrogens with zero attached hydrogens (tertiary/aromatic N) is 6. The zero-order valence-electron chi connectivity index (χ0n) is 39.6. The molecule has 4 heterocycles. The van der Waals surface area contributed by atoms with E-state index in [0.29, 0.717) is 44.0 Å². The number of methoxy groups -OCH3 is 4. The Morgan fingerprint density at radius 3 is 1.33 bits per heavy atom. The maximum absolute atomic E-state index is 12.9. The first-order chi connectivity index (χ1) is 31.6. The number of amides is 2. The van der Waals surface area contributed by atoms with Crippen LogP contribution in [0.15, 0.2) is 46.7 Å². The topological polar surface area (TPSA) is 237 Å². The van der Waals surface area contributed by atoms with Crippen molar-refractivity contribution in [1.29, 1.82) is 0 Å². The average Bonchev–Trinajstić information content (AvgIpc) is 3.28. The number of aryl methyl sites for hydroxylation is 4. The summed E-state index contributed by atoms with van der Waals surface area (Å²) in [5.74, 6) is 2.19. The smallest absolute Gasteiger partial charge is 0.255 e. The summed E-state index contributed by atoms with van der Waals surface area (Å²) >= 11 is 15.6. The quantitative estimate of drug-likeness (QED) is 0.0396. The number of benzene rings is 2. The molecule has 0 radical (unpaired) electrons. The molecule has 2 aliphatic heterocycles. The van der Waals surface area contributed by atoms with Gasteiger partial charge in [-0.05, 0) is 90.7 Å². The molecule has 2 aromatic heterocycles. The van der Waals surface area contributed by atoms with E-state index in [2.05, 4.69) is 40.4 Å². The number of carbonyl (C=O) groups excluding carboxylic acids is 2. The normalized spacial score (nSPS) is 18.5. The molecule has 4 unspecified atom stereocenters. The van der Waals surface area contributed by atoms with Crippen LogP contribution in [0, 0.1) is 27.7 Å². The van der Waals surface area contributed by atoms with Crippen LogP contribution in [-0.4, -0.2) is 151 Å². The van der Waals surface area contributed by atoms with Crippen LogP contribution in [0.25, 0.3) is 0 Å². The van der Waals surface area contributed by atoms with Gasteiger partial charge in [-0.15, -0.1) is 0 Å². The van der Waals surface area contributed by atoms with Crippen molar-refractivity contribution in [1.82, 2.24) is 40.4 Å². The summed E-state index contributed by atoms with van der Waals surface area (Å²) in [5, 5.41) is 8.49. The average molecular weight is 1010 g/mol. The molecular weight excluding hydrogens is 940 g/mol. The van der Waals surface area contributed by atoms with E-state index >= 15 is 0 Å². The molecule has 67 heavy (non-hydrogen) atoms. The Bertz CT molecular complexity index is 2070. The number of rotatable bonds is 18. The van der Waals surface area contributed by atoms with Crippen molar-refractivity contribution in [2.75, 3.05) is 90.7 Å². The molecule has 2 amide bonds. The zero-order chi connectivity index (χ0) is 47.9. The number of nitrogens with one attached hydrogen (secondary N) is 2. The molecule has 2 aromatic carbocycles. The van der Waals surface area contributed by atoms with E-state index in [4.69, 9.17) is 53.6 Å². The zero-order valence-corrected chi connectivity index (χ0v) is 42.8. The van der Waals surface area contributed by atoms with Gasteiger partial charge in [0.25, 0.3) is 11.8 Å². The second-order valence-electron chi connectivity index (χ2n) is 16.3. The van der Waals surface area contributed by atoms with Gasteiger partial charge in [-0.25, -0.2) is 19.9 Å². The van der Waals surface area contributed by atoms with Gasteiger partial charge in [-0.1, -0.05) is 46.7 Å². The van der Waals surface area contributed by atoms with Crippen LogP contribution in [0.1, 0.15) is 69.2 Å². The van der Waals surface area contributed by atoms with Gasteiger partial charge >= 0.3 is 0 Å². The van der Waals surface area contributed by atoms with Gasteiger partial charge in [0.2, 0.25) is 0 Å². The van der Waals surface area contributed by atoms with E-state index in [9.17, 15) is 9.59 Å². The molecule has 4 aromatic rings. The monoisotopic (exact) mass is 1000 g/mol. The minimum absolute atomic E-state index is 0. The molecular formula is C46H66Cl2N10O7S2. The molecule has 8 N–H and O–H groups in total. The van der Waals surface area contributed by atoms with Crippen molar-refractivity contribution in [3.8, 4) is 11.5 Å². The Morgan fingerprint density at radius 1 is 0.642 bits per heavy atom. The molecule has 17 nitrogen and oxygen atoms in total. The van der Waals surface area contributed by atoms with Crippen LogP contribution in [0.2, 0.25) is 10.0 Å². The molecule has 2 aliphatic rings. The van der Waals surface area contributed by atoms with Crippen LogP contribution in [0.5, 0.6) is 11.5 Å². The molecule has 2 fully saturated rings. The van der Waals surface area contributed by atoms with E-state index in [-0.39, 0.29) is 41.6 Å². The first-order valence-electron chi connectivity index (χ1n) is 21.9. The fourth-order valence-electron chi connectivity index (χ4n) is 7.92. The fourth-order valence-corrected chi connectivity index (χ4v) is 9.99. The lowest BCUT2D eigenvalue weighted by Gasteiger charge is -2.38. The van der Waals surface area contributed by atoms with Gasteiger partial charge in [0, 0.05) is 86.8 Å². The third kappa shape index (κ3) is 16.5. The van der Waals surface area contributed by atoms with E-state index in [1.807, 2.05) is 39.8 Å². The minimum Gasteiger partial charge on any atom is -0.496 e. The molecule has 0 saturated carbocycles. The second-order valence-corrected chi connectivity index (χ2v) is 19.2. The SMILES string of the molecule is COc1cc(N)c(Cl)cc1C(=O)NC1CCN(CCCSc2nc(C)cc(C)n2)CC1OC.COc1cc(N)c(Cl)cc1C(=O)NC1CCN(CCCSc2nc(C)cc(C)n2)CC1OC.O. The van der Waals surface area contributed by atoms with Crippen LogP contribution >= 0.6 is 46.7 Å². The first kappa shape index (κ1) is 55.4. The Kier molecular flexibility index (Phi) is 22.4. The lowest BCUT2D eigenvalue weighted by Crippen LogP contribution is -2.55. The number of hydrogen-bond acceptors (Lipinski definition) is 16. The van der Waals surface area contributed by atoms with Crippen molar-refractivity contribution in [3.63, 3.8) is 0 Å². The first-order valence-corrected chi connectivity index (χ1v) is 24.6. The van der Waals surface area contributed by atoms with Gasteiger partial charge in [0.1, 0.15) is 11.5 Å². The Hall–Kier alpha value is -4.18. The van der Waals surface area contributed by atoms with Crippen LogP contribution in [-0.2, 0) is 9.47 Å². The van der Waals surface area contributed by atoms with Crippen molar-refractivity contribution in [2.24, 2.45) is 0 Å². The summed E-state index contributed by atoms with van der Waals surface area (Å²) < 4.78 is 22.0. The number of ether oxygens (including phenoxy) is 4. The number of aromatic nitrogens is 4. The third-order valence-electron chi connectivity index (χ3n) is 11.3. The summed E-state index contributed by atoms with van der Waals surface area (Å²) in [6.07, 6.45) is 3.43. The minimum atomic E-state index is -0.251. The van der Waals surface area contributed by atoms with E-state index in [1.54, 1.807) is 62.0 Å². The summed E-state index contributed by atoms with van der Waals surface area (Å²) in [7, 11) is 6.36. The highest BCUT2D eigenvalue weighted by atomic mass is 35.5. The van der Waals surface area contributed by atoms with Crippen molar-refractivity contribution in [2.45, 2.75) is 88.0 Å². The van der Waals surface area contributed by atoms with Crippen LogP contribution < -0.4 is 31.6 Å². The van der Waals surface area contributed by atoms with Gasteiger partial charge in [-0.3, -0.25) is 9.59 Å².